The van der Waals surface area contributed by atoms with Gasteiger partial charge in [0.05, 0.1) is 11.3 Å². The molecule has 0 radical (unpaired) electrons. The van der Waals surface area contributed by atoms with Crippen LogP contribution in [0.5, 0.6) is 0 Å². The van der Waals surface area contributed by atoms with Crippen LogP contribution in [0, 0.1) is 6.92 Å². The van der Waals surface area contributed by atoms with Gasteiger partial charge in [0.2, 0.25) is 5.91 Å². The number of nitrogens with zero attached hydrogens (tertiary/aromatic N) is 5. The molecule has 2 aromatic heterocycles. The highest BCUT2D eigenvalue weighted by Gasteiger charge is 2.34. The number of pyridine rings is 1. The molecule has 7 nitrogen and oxygen atoms in total. The monoisotopic (exact) mass is 357 g/mol. The lowest BCUT2D eigenvalue weighted by Crippen LogP contribution is -2.44. The molecule has 0 N–H and O–H groups in total. The third-order valence-corrected chi connectivity index (χ3v) is 3.59. The SMILES string of the molecule is Cc1nn(C)c2ncc(C(=O)N(CC(=O)N(C)C)CC(F)(F)F)cc12. The van der Waals surface area contributed by atoms with Crippen molar-refractivity contribution in [1.82, 2.24) is 24.6 Å². The van der Waals surface area contributed by atoms with Crippen molar-refractivity contribution in [2.75, 3.05) is 27.2 Å². The lowest BCUT2D eigenvalue weighted by atomic mass is 10.2. The Kier molecular flexibility index (Phi) is 5.00. The molecule has 136 valence electrons. The third kappa shape index (κ3) is 4.25. The molecule has 0 aliphatic rings. The molecule has 2 amide bonds. The summed E-state index contributed by atoms with van der Waals surface area (Å²) in [6, 6.07) is 1.44. The molecule has 2 rings (SSSR count). The molecule has 2 aromatic rings. The highest BCUT2D eigenvalue weighted by atomic mass is 19.4. The van der Waals surface area contributed by atoms with Gasteiger partial charge in [0.25, 0.3) is 5.91 Å². The Labute approximate surface area is 142 Å². The predicted molar refractivity (Wildman–Crippen MR) is 83.9 cm³/mol. The van der Waals surface area contributed by atoms with Gasteiger partial charge in [0.1, 0.15) is 13.1 Å². The van der Waals surface area contributed by atoms with Gasteiger partial charge in [-0.1, -0.05) is 0 Å². The van der Waals surface area contributed by atoms with Crippen molar-refractivity contribution >= 4 is 22.8 Å². The van der Waals surface area contributed by atoms with Gasteiger partial charge in [-0.05, 0) is 13.0 Å². The number of halogens is 3. The lowest BCUT2D eigenvalue weighted by molar-refractivity contribution is -0.146. The summed E-state index contributed by atoms with van der Waals surface area (Å²) >= 11 is 0. The van der Waals surface area contributed by atoms with Crippen LogP contribution in [0.25, 0.3) is 11.0 Å². The minimum atomic E-state index is -4.62. The summed E-state index contributed by atoms with van der Waals surface area (Å²) in [5, 5.41) is 4.72. The number of hydrogen-bond donors (Lipinski definition) is 0. The second kappa shape index (κ2) is 6.69. The van der Waals surface area contributed by atoms with E-state index in [0.29, 0.717) is 21.6 Å². The Morgan fingerprint density at radius 1 is 1.28 bits per heavy atom. The van der Waals surface area contributed by atoms with Gasteiger partial charge in [0, 0.05) is 32.7 Å². The molecule has 0 atom stereocenters. The first kappa shape index (κ1) is 18.7. The maximum atomic E-state index is 12.8. The van der Waals surface area contributed by atoms with Gasteiger partial charge in [-0.25, -0.2) is 4.98 Å². The number of hydrogen-bond acceptors (Lipinski definition) is 4. The first-order chi connectivity index (χ1) is 11.5. The van der Waals surface area contributed by atoms with Crippen molar-refractivity contribution in [3.63, 3.8) is 0 Å². The first-order valence-corrected chi connectivity index (χ1v) is 7.35. The fraction of sp³-hybridized carbons (Fsp3) is 0.467. The molecule has 0 saturated heterocycles. The maximum absolute atomic E-state index is 12.8. The van der Waals surface area contributed by atoms with E-state index in [1.54, 1.807) is 14.0 Å². The normalized spacial score (nSPS) is 11.6. The molecular weight excluding hydrogens is 339 g/mol. The van der Waals surface area contributed by atoms with Crippen LogP contribution in [0.4, 0.5) is 13.2 Å². The number of alkyl halides is 3. The quantitative estimate of drug-likeness (QED) is 0.829. The van der Waals surface area contributed by atoms with Gasteiger partial charge in [-0.3, -0.25) is 14.3 Å². The minimum Gasteiger partial charge on any atom is -0.347 e. The molecule has 0 saturated carbocycles. The van der Waals surface area contributed by atoms with E-state index in [1.165, 1.54) is 31.0 Å². The molecule has 2 heterocycles. The van der Waals surface area contributed by atoms with E-state index in [9.17, 15) is 22.8 Å². The van der Waals surface area contributed by atoms with Crippen LogP contribution in [-0.4, -0.2) is 69.7 Å². The number of aromatic nitrogens is 3. The lowest BCUT2D eigenvalue weighted by Gasteiger charge is -2.24. The van der Waals surface area contributed by atoms with Crippen LogP contribution < -0.4 is 0 Å². The Morgan fingerprint density at radius 2 is 1.92 bits per heavy atom. The minimum absolute atomic E-state index is 0.0283. The van der Waals surface area contributed by atoms with Gasteiger partial charge in [0.15, 0.2) is 5.65 Å². The van der Waals surface area contributed by atoms with E-state index in [2.05, 4.69) is 10.1 Å². The highest BCUT2D eigenvalue weighted by Crippen LogP contribution is 2.21. The fourth-order valence-corrected chi connectivity index (χ4v) is 2.33. The zero-order valence-electron chi connectivity index (χ0n) is 14.3. The van der Waals surface area contributed by atoms with E-state index >= 15 is 0 Å². The molecule has 0 fully saturated rings. The van der Waals surface area contributed by atoms with Crippen LogP contribution >= 0.6 is 0 Å². The highest BCUT2D eigenvalue weighted by molar-refractivity contribution is 5.99. The summed E-state index contributed by atoms with van der Waals surface area (Å²) in [5.41, 5.74) is 1.09. The second-order valence-corrected chi connectivity index (χ2v) is 5.87. The average molecular weight is 357 g/mol. The molecular formula is C15H18F3N5O2. The van der Waals surface area contributed by atoms with Crippen LogP contribution in [-0.2, 0) is 11.8 Å². The number of carbonyl (C=O) groups excluding carboxylic acids is 2. The molecule has 0 aliphatic carbocycles. The van der Waals surface area contributed by atoms with Crippen LogP contribution in [0.3, 0.4) is 0 Å². The van der Waals surface area contributed by atoms with E-state index in [-0.39, 0.29) is 5.56 Å². The smallest absolute Gasteiger partial charge is 0.347 e. The molecule has 25 heavy (non-hydrogen) atoms. The molecule has 0 bridgehead atoms. The summed E-state index contributed by atoms with van der Waals surface area (Å²) in [7, 11) is 4.49. The zero-order valence-corrected chi connectivity index (χ0v) is 14.3. The number of rotatable bonds is 4. The molecule has 0 spiro atoms. The van der Waals surface area contributed by atoms with Crippen LogP contribution in [0.1, 0.15) is 16.1 Å². The Bertz CT molecular complexity index is 813. The van der Waals surface area contributed by atoms with Gasteiger partial charge >= 0.3 is 6.18 Å². The standard InChI is InChI=1S/C15H18F3N5O2/c1-9-11-5-10(6-19-13(11)22(4)20-9)14(25)23(8-15(16,17)18)7-12(24)21(2)3/h5-6H,7-8H2,1-4H3. The largest absolute Gasteiger partial charge is 0.406 e. The Hall–Kier alpha value is -2.65. The fourth-order valence-electron chi connectivity index (χ4n) is 2.33. The van der Waals surface area contributed by atoms with Crippen molar-refractivity contribution < 1.29 is 22.8 Å². The Morgan fingerprint density at radius 3 is 2.48 bits per heavy atom. The molecule has 0 aliphatic heterocycles. The number of amides is 2. The van der Waals surface area contributed by atoms with E-state index < -0.39 is 31.1 Å². The maximum Gasteiger partial charge on any atom is 0.406 e. The number of aryl methyl sites for hydroxylation is 2. The Balaban J connectivity index is 2.37. The summed E-state index contributed by atoms with van der Waals surface area (Å²) in [4.78, 5) is 30.0. The summed E-state index contributed by atoms with van der Waals surface area (Å²) in [5.74, 6) is -1.52. The number of likely N-dealkylation sites (N-methyl/N-ethyl adjacent to an activating group) is 1. The summed E-state index contributed by atoms with van der Waals surface area (Å²) in [6.07, 6.45) is -3.43. The van der Waals surface area contributed by atoms with Crippen LogP contribution in [0.2, 0.25) is 0 Å². The van der Waals surface area contributed by atoms with E-state index in [1.807, 2.05) is 0 Å². The van der Waals surface area contributed by atoms with Crippen LogP contribution in [0.15, 0.2) is 12.3 Å². The van der Waals surface area contributed by atoms with Gasteiger partial charge in [-0.2, -0.15) is 18.3 Å². The number of carbonyl (C=O) groups is 2. The van der Waals surface area contributed by atoms with E-state index in [0.717, 1.165) is 4.90 Å². The van der Waals surface area contributed by atoms with Crippen molar-refractivity contribution in [3.8, 4) is 0 Å². The summed E-state index contributed by atoms with van der Waals surface area (Å²) < 4.78 is 39.9. The number of fused-ring (bicyclic) bond motifs is 1. The van der Waals surface area contributed by atoms with Crippen molar-refractivity contribution in [2.45, 2.75) is 13.1 Å². The molecule has 0 aromatic carbocycles. The van der Waals surface area contributed by atoms with Crippen molar-refractivity contribution in [2.24, 2.45) is 7.05 Å². The zero-order chi connectivity index (χ0) is 18.9. The van der Waals surface area contributed by atoms with Crippen molar-refractivity contribution in [3.05, 3.63) is 23.5 Å². The molecule has 10 heteroatoms. The predicted octanol–water partition coefficient (Wildman–Crippen LogP) is 1.37. The first-order valence-electron chi connectivity index (χ1n) is 7.35. The van der Waals surface area contributed by atoms with Crippen molar-refractivity contribution in [1.29, 1.82) is 0 Å². The molecule has 0 unspecified atom stereocenters. The van der Waals surface area contributed by atoms with E-state index in [4.69, 9.17) is 0 Å². The summed E-state index contributed by atoms with van der Waals surface area (Å²) in [6.45, 7) is -0.480. The third-order valence-electron chi connectivity index (χ3n) is 3.59. The topological polar surface area (TPSA) is 71.3 Å². The second-order valence-electron chi connectivity index (χ2n) is 5.87. The van der Waals surface area contributed by atoms with Gasteiger partial charge < -0.3 is 9.80 Å². The average Bonchev–Trinajstić information content (AvgIpc) is 2.78. The van der Waals surface area contributed by atoms with Gasteiger partial charge in [-0.15, -0.1) is 0 Å².